The zero-order valence-electron chi connectivity index (χ0n) is 17.3. The van der Waals surface area contributed by atoms with Gasteiger partial charge in [-0.15, -0.1) is 0 Å². The molecule has 0 aliphatic heterocycles. The number of amides is 1. The summed E-state index contributed by atoms with van der Waals surface area (Å²) in [5.41, 5.74) is 7.10. The molecule has 3 aromatic rings. The second-order valence-corrected chi connectivity index (χ2v) is 6.98. The Morgan fingerprint density at radius 2 is 1.61 bits per heavy atom. The van der Waals surface area contributed by atoms with Crippen LogP contribution in [0.25, 0.3) is 0 Å². The molecule has 7 nitrogen and oxygen atoms in total. The fourth-order valence-electron chi connectivity index (χ4n) is 2.64. The lowest BCUT2D eigenvalue weighted by molar-refractivity contribution is -0.118. The van der Waals surface area contributed by atoms with Crippen molar-refractivity contribution in [3.05, 3.63) is 78.4 Å². The maximum Gasteiger partial charge on any atom is 0.338 e. The molecule has 1 amide bonds. The van der Waals surface area contributed by atoms with E-state index in [0.717, 1.165) is 5.75 Å². The van der Waals surface area contributed by atoms with E-state index in [-0.39, 0.29) is 24.4 Å². The highest BCUT2D eigenvalue weighted by molar-refractivity contribution is 5.92. The second-order valence-electron chi connectivity index (χ2n) is 6.98. The summed E-state index contributed by atoms with van der Waals surface area (Å²) in [7, 11) is 0. The fourth-order valence-corrected chi connectivity index (χ4v) is 2.64. The molecule has 0 radical (unpaired) electrons. The molecule has 3 rings (SSSR count). The van der Waals surface area contributed by atoms with Crippen molar-refractivity contribution >= 4 is 23.3 Å². The average Bonchev–Trinajstić information content (AvgIpc) is 2.75. The number of para-hydroxylation sites is 1. The summed E-state index contributed by atoms with van der Waals surface area (Å²) in [6.45, 7) is 3.25. The van der Waals surface area contributed by atoms with E-state index < -0.39 is 5.97 Å². The van der Waals surface area contributed by atoms with Gasteiger partial charge in [-0.25, -0.2) is 4.79 Å². The minimum atomic E-state index is -0.484. The lowest BCUT2D eigenvalue weighted by atomic mass is 10.2. The van der Waals surface area contributed by atoms with E-state index in [1.165, 1.54) is 12.1 Å². The summed E-state index contributed by atoms with van der Waals surface area (Å²) in [4.78, 5) is 24.3. The van der Waals surface area contributed by atoms with Crippen LogP contribution in [0.2, 0.25) is 0 Å². The van der Waals surface area contributed by atoms with Crippen molar-refractivity contribution in [3.8, 4) is 17.2 Å². The van der Waals surface area contributed by atoms with Gasteiger partial charge < -0.3 is 25.3 Å². The van der Waals surface area contributed by atoms with Crippen molar-refractivity contribution in [1.82, 2.24) is 0 Å². The first-order valence-corrected chi connectivity index (χ1v) is 9.77. The molecular formula is C24H24N2O5. The van der Waals surface area contributed by atoms with Gasteiger partial charge in [0.05, 0.1) is 17.4 Å². The van der Waals surface area contributed by atoms with Crippen LogP contribution < -0.4 is 20.5 Å². The van der Waals surface area contributed by atoms with Gasteiger partial charge in [0, 0.05) is 5.69 Å². The molecule has 0 aliphatic carbocycles. The molecule has 0 heterocycles. The number of hydrogen-bond donors (Lipinski definition) is 2. The summed E-state index contributed by atoms with van der Waals surface area (Å²) < 4.78 is 16.4. The highest BCUT2D eigenvalue weighted by Gasteiger charge is 2.13. The molecule has 160 valence electrons. The summed E-state index contributed by atoms with van der Waals surface area (Å²) >= 11 is 0. The molecular weight excluding hydrogens is 396 g/mol. The molecule has 0 atom stereocenters. The molecule has 3 aromatic carbocycles. The monoisotopic (exact) mass is 420 g/mol. The maximum absolute atomic E-state index is 12.2. The van der Waals surface area contributed by atoms with E-state index in [4.69, 9.17) is 19.9 Å². The predicted octanol–water partition coefficient (Wildman–Crippen LogP) is 4.64. The number of nitrogens with two attached hydrogens (primary N) is 1. The molecule has 7 heteroatoms. The molecule has 0 saturated carbocycles. The largest absolute Gasteiger partial charge is 0.482 e. The van der Waals surface area contributed by atoms with Crippen LogP contribution in [-0.4, -0.2) is 24.6 Å². The SMILES string of the molecule is CC(C)OC(=O)c1ccc(N)c(OCC(=O)Nc2ccc(Oc3ccccc3)cc2)c1. The van der Waals surface area contributed by atoms with Crippen molar-refractivity contribution in [2.24, 2.45) is 0 Å². The van der Waals surface area contributed by atoms with Gasteiger partial charge in [0.2, 0.25) is 0 Å². The standard InChI is InChI=1S/C24H24N2O5/c1-16(2)30-24(28)17-8-13-21(25)22(14-17)29-15-23(27)26-18-9-11-20(12-10-18)31-19-6-4-3-5-7-19/h3-14,16H,15,25H2,1-2H3,(H,26,27). The third-order valence-corrected chi connectivity index (χ3v) is 4.07. The van der Waals surface area contributed by atoms with Crippen LogP contribution in [0.15, 0.2) is 72.8 Å². The zero-order chi connectivity index (χ0) is 22.2. The first kappa shape index (κ1) is 21.7. The van der Waals surface area contributed by atoms with Crippen LogP contribution in [-0.2, 0) is 9.53 Å². The number of carbonyl (C=O) groups is 2. The molecule has 0 aromatic heterocycles. The molecule has 0 saturated heterocycles. The summed E-state index contributed by atoms with van der Waals surface area (Å²) in [6, 6.07) is 20.9. The molecule has 31 heavy (non-hydrogen) atoms. The Labute approximate surface area is 180 Å². The quantitative estimate of drug-likeness (QED) is 0.407. The van der Waals surface area contributed by atoms with Crippen molar-refractivity contribution in [2.45, 2.75) is 20.0 Å². The lowest BCUT2D eigenvalue weighted by Gasteiger charge is -2.12. The summed E-state index contributed by atoms with van der Waals surface area (Å²) in [6.07, 6.45) is -0.246. The third kappa shape index (κ3) is 6.50. The van der Waals surface area contributed by atoms with Crippen LogP contribution in [0, 0.1) is 0 Å². The number of nitrogen functional groups attached to an aromatic ring is 1. The number of nitrogens with one attached hydrogen (secondary N) is 1. The molecule has 0 unspecified atom stereocenters. The normalized spacial score (nSPS) is 10.4. The van der Waals surface area contributed by atoms with Crippen molar-refractivity contribution in [1.29, 1.82) is 0 Å². The lowest BCUT2D eigenvalue weighted by Crippen LogP contribution is -2.20. The highest BCUT2D eigenvalue weighted by atomic mass is 16.5. The Morgan fingerprint density at radius 3 is 2.29 bits per heavy atom. The number of rotatable bonds is 8. The number of ether oxygens (including phenoxy) is 3. The molecule has 0 fully saturated rings. The fraction of sp³-hybridized carbons (Fsp3) is 0.167. The molecule has 0 aliphatic rings. The Kier molecular flexibility index (Phi) is 7.11. The van der Waals surface area contributed by atoms with Gasteiger partial charge in [-0.1, -0.05) is 18.2 Å². The van der Waals surface area contributed by atoms with E-state index in [9.17, 15) is 9.59 Å². The van der Waals surface area contributed by atoms with Gasteiger partial charge >= 0.3 is 5.97 Å². The predicted molar refractivity (Wildman–Crippen MR) is 118 cm³/mol. The van der Waals surface area contributed by atoms with E-state index >= 15 is 0 Å². The summed E-state index contributed by atoms with van der Waals surface area (Å²) in [5.74, 6) is 0.761. The first-order valence-electron chi connectivity index (χ1n) is 9.77. The number of carbonyl (C=O) groups excluding carboxylic acids is 2. The smallest absolute Gasteiger partial charge is 0.338 e. The minimum absolute atomic E-state index is 0.236. The topological polar surface area (TPSA) is 99.9 Å². The average molecular weight is 420 g/mol. The molecule has 0 spiro atoms. The van der Waals surface area contributed by atoms with Gasteiger partial charge in [-0.05, 0) is 68.4 Å². The Morgan fingerprint density at radius 1 is 0.935 bits per heavy atom. The number of hydrogen-bond acceptors (Lipinski definition) is 6. The Bertz CT molecular complexity index is 1030. The van der Waals surface area contributed by atoms with E-state index in [0.29, 0.717) is 22.7 Å². The van der Waals surface area contributed by atoms with Crippen LogP contribution in [0.5, 0.6) is 17.2 Å². The summed E-state index contributed by atoms with van der Waals surface area (Å²) in [5, 5.41) is 2.73. The van der Waals surface area contributed by atoms with E-state index in [2.05, 4.69) is 5.32 Å². The number of anilines is 2. The van der Waals surface area contributed by atoms with Crippen molar-refractivity contribution in [2.75, 3.05) is 17.7 Å². The Balaban J connectivity index is 1.55. The van der Waals surface area contributed by atoms with Gasteiger partial charge in [0.1, 0.15) is 17.2 Å². The van der Waals surface area contributed by atoms with Crippen LogP contribution >= 0.6 is 0 Å². The van der Waals surface area contributed by atoms with Gasteiger partial charge in [-0.2, -0.15) is 0 Å². The highest BCUT2D eigenvalue weighted by Crippen LogP contribution is 2.24. The third-order valence-electron chi connectivity index (χ3n) is 4.07. The van der Waals surface area contributed by atoms with Crippen LogP contribution in [0.4, 0.5) is 11.4 Å². The second kappa shape index (κ2) is 10.2. The number of benzene rings is 3. The Hall–Kier alpha value is -4.00. The van der Waals surface area contributed by atoms with E-state index in [1.54, 1.807) is 44.2 Å². The van der Waals surface area contributed by atoms with Gasteiger partial charge in [0.15, 0.2) is 6.61 Å². The van der Waals surface area contributed by atoms with Crippen molar-refractivity contribution < 1.29 is 23.8 Å². The van der Waals surface area contributed by atoms with Crippen LogP contribution in [0.1, 0.15) is 24.2 Å². The zero-order valence-corrected chi connectivity index (χ0v) is 17.3. The molecule has 3 N–H and O–H groups in total. The van der Waals surface area contributed by atoms with Crippen molar-refractivity contribution in [3.63, 3.8) is 0 Å². The van der Waals surface area contributed by atoms with Gasteiger partial charge in [-0.3, -0.25) is 4.79 Å². The van der Waals surface area contributed by atoms with E-state index in [1.807, 2.05) is 30.3 Å². The first-order chi connectivity index (χ1) is 14.9. The molecule has 0 bridgehead atoms. The number of esters is 1. The van der Waals surface area contributed by atoms with Crippen LogP contribution in [0.3, 0.4) is 0 Å². The van der Waals surface area contributed by atoms with Gasteiger partial charge in [0.25, 0.3) is 5.91 Å². The minimum Gasteiger partial charge on any atom is -0.482 e. The maximum atomic E-state index is 12.2.